The summed E-state index contributed by atoms with van der Waals surface area (Å²) in [5.74, 6) is 2.56. The van der Waals surface area contributed by atoms with E-state index in [9.17, 15) is 21.9 Å². The molecule has 0 saturated heterocycles. The van der Waals surface area contributed by atoms with Gasteiger partial charge in [-0.3, -0.25) is 0 Å². The number of ether oxygens (including phenoxy) is 3. The smallest absolute Gasteiger partial charge is 0.488 e. The van der Waals surface area contributed by atoms with Crippen LogP contribution in [0.15, 0.2) is 94.7 Å². The maximum Gasteiger partial charge on any atom is 0.488 e. The Labute approximate surface area is 265 Å². The number of aromatic hydroxyl groups is 1. The fourth-order valence-corrected chi connectivity index (χ4v) is 4.99. The molecule has 13 heteroatoms. The molecule has 0 bridgehead atoms. The van der Waals surface area contributed by atoms with Crippen molar-refractivity contribution in [1.82, 2.24) is 0 Å². The Bertz CT molecular complexity index is 1740. The number of phenols is 1. The number of aryl methyl sites for hydroxylation is 2. The normalized spacial score (nSPS) is 10.8. The molecule has 0 aromatic heterocycles. The molecule has 0 saturated carbocycles. The zero-order valence-electron chi connectivity index (χ0n) is 26.1. The zero-order chi connectivity index (χ0) is 33.8. The molecule has 4 aromatic rings. The fraction of sp³-hybridized carbons (Fsp3) is 0.250. The van der Waals surface area contributed by atoms with E-state index in [1.54, 1.807) is 32.4 Å². The lowest BCUT2D eigenvalue weighted by molar-refractivity contribution is 0.373. The van der Waals surface area contributed by atoms with Crippen LogP contribution in [0.1, 0.15) is 25.0 Å². The molecule has 0 fully saturated rings. The molecule has 0 amide bonds. The van der Waals surface area contributed by atoms with E-state index in [4.69, 9.17) is 24.3 Å². The molecule has 0 radical (unpaired) electrons. The van der Waals surface area contributed by atoms with Gasteiger partial charge in [0.2, 0.25) is 0 Å². The summed E-state index contributed by atoms with van der Waals surface area (Å²) in [6, 6.07) is 22.8. The van der Waals surface area contributed by atoms with E-state index in [0.29, 0.717) is 23.0 Å². The monoisotopic (exact) mass is 658 g/mol. The molecule has 4 aromatic carbocycles. The summed E-state index contributed by atoms with van der Waals surface area (Å²) in [5, 5.41) is 26.7. The van der Waals surface area contributed by atoms with Gasteiger partial charge in [-0.2, -0.15) is 0 Å². The van der Waals surface area contributed by atoms with Crippen LogP contribution in [0, 0.1) is 0 Å². The predicted molar refractivity (Wildman–Crippen MR) is 175 cm³/mol. The first-order valence-electron chi connectivity index (χ1n) is 13.8. The van der Waals surface area contributed by atoms with Crippen LogP contribution in [0.3, 0.4) is 0 Å². The lowest BCUT2D eigenvalue weighted by Gasteiger charge is -2.11. The zero-order valence-corrected chi connectivity index (χ0v) is 27.7. The summed E-state index contributed by atoms with van der Waals surface area (Å²) < 4.78 is 60.8. The lowest BCUT2D eigenvalue weighted by Crippen LogP contribution is -2.29. The first-order chi connectivity index (χ1) is 21.1. The molecule has 0 aliphatic carbocycles. The van der Waals surface area contributed by atoms with Crippen LogP contribution in [0.4, 0.5) is 0 Å². The molecule has 0 unspecified atom stereocenters. The number of hydrogen-bond donors (Lipinski definition) is 3. The second kappa shape index (κ2) is 16.9. The van der Waals surface area contributed by atoms with Gasteiger partial charge in [0, 0.05) is 12.5 Å². The van der Waals surface area contributed by atoms with Crippen LogP contribution in [0.25, 0.3) is 0 Å². The topological polar surface area (TPSA) is 157 Å². The second-order valence-corrected chi connectivity index (χ2v) is 13.8. The summed E-state index contributed by atoms with van der Waals surface area (Å²) in [6.45, 7) is 4.13. The third-order valence-corrected chi connectivity index (χ3v) is 8.63. The average Bonchev–Trinajstić information content (AvgIpc) is 3.01. The van der Waals surface area contributed by atoms with Crippen molar-refractivity contribution in [3.63, 3.8) is 0 Å². The highest BCUT2D eigenvalue weighted by atomic mass is 32.2. The maximum absolute atomic E-state index is 11.4. The van der Waals surface area contributed by atoms with Gasteiger partial charge in [0.15, 0.2) is 42.7 Å². The Balaban J connectivity index is 0.000000252. The summed E-state index contributed by atoms with van der Waals surface area (Å²) in [6.07, 6.45) is 4.14. The number of sulfone groups is 2. The molecule has 0 atom stereocenters. The van der Waals surface area contributed by atoms with Gasteiger partial charge in [-0.05, 0) is 90.1 Å². The van der Waals surface area contributed by atoms with Crippen LogP contribution in [0.5, 0.6) is 28.7 Å². The molecule has 3 N–H and O–H groups in total. The van der Waals surface area contributed by atoms with Crippen molar-refractivity contribution in [2.45, 2.75) is 36.5 Å². The molecule has 0 aliphatic heterocycles. The van der Waals surface area contributed by atoms with E-state index < -0.39 is 26.8 Å². The number of benzene rings is 4. The first-order valence-corrected chi connectivity index (χ1v) is 17.6. The van der Waals surface area contributed by atoms with Crippen LogP contribution < -0.4 is 19.7 Å². The summed E-state index contributed by atoms with van der Waals surface area (Å²) in [4.78, 5) is 0.431. The van der Waals surface area contributed by atoms with E-state index in [2.05, 4.69) is 13.8 Å². The van der Waals surface area contributed by atoms with E-state index in [1.165, 1.54) is 48.2 Å². The van der Waals surface area contributed by atoms with Crippen molar-refractivity contribution in [2.24, 2.45) is 0 Å². The Morgan fingerprint density at radius 3 is 1.49 bits per heavy atom. The Kier molecular flexibility index (Phi) is 13.9. The van der Waals surface area contributed by atoms with Gasteiger partial charge >= 0.3 is 7.12 Å². The van der Waals surface area contributed by atoms with Crippen LogP contribution >= 0.6 is 0 Å². The third-order valence-electron chi connectivity index (χ3n) is 6.37. The second-order valence-electron chi connectivity index (χ2n) is 9.76. The molecule has 10 nitrogen and oxygen atoms in total. The van der Waals surface area contributed by atoms with E-state index in [-0.39, 0.29) is 21.0 Å². The minimum Gasteiger partial charge on any atom is -0.504 e. The maximum atomic E-state index is 11.4. The quantitative estimate of drug-likeness (QED) is 0.223. The molecule has 0 heterocycles. The van der Waals surface area contributed by atoms with E-state index in [0.717, 1.165) is 24.7 Å². The SMILES string of the molecule is CCc1ccc(O)c(OC)c1.CCc1ccc(Oc2ccc(S(C)(=O)=O)cc2)c(OC)c1.CS(=O)(=O)c1ccc(B(O)O)cc1. The Hall–Kier alpha value is -4.04. The number of hydrogen-bond acceptors (Lipinski definition) is 10. The number of rotatable bonds is 9. The van der Waals surface area contributed by atoms with E-state index >= 15 is 0 Å². The van der Waals surface area contributed by atoms with Crippen molar-refractivity contribution < 1.29 is 46.2 Å². The number of methoxy groups -OCH3 is 2. The molecular formula is C32H39BO10S2. The first kappa shape index (κ1) is 37.2. The highest BCUT2D eigenvalue weighted by Gasteiger charge is 2.13. The molecule has 0 spiro atoms. The van der Waals surface area contributed by atoms with Gasteiger partial charge in [0.1, 0.15) is 5.75 Å². The van der Waals surface area contributed by atoms with Crippen molar-refractivity contribution >= 4 is 32.3 Å². The van der Waals surface area contributed by atoms with Crippen molar-refractivity contribution in [1.29, 1.82) is 0 Å². The molecular weight excluding hydrogens is 619 g/mol. The van der Waals surface area contributed by atoms with Crippen LogP contribution in [-0.4, -0.2) is 65.8 Å². The fourth-order valence-electron chi connectivity index (χ4n) is 3.73. The van der Waals surface area contributed by atoms with Gasteiger partial charge in [-0.15, -0.1) is 0 Å². The van der Waals surface area contributed by atoms with Crippen molar-refractivity contribution in [2.75, 3.05) is 26.7 Å². The minimum atomic E-state index is -3.21. The minimum absolute atomic E-state index is 0.164. The van der Waals surface area contributed by atoms with Gasteiger partial charge in [0.05, 0.1) is 24.0 Å². The van der Waals surface area contributed by atoms with Gasteiger partial charge in [0.25, 0.3) is 0 Å². The lowest BCUT2D eigenvalue weighted by atomic mass is 9.81. The number of phenolic OH excluding ortho intramolecular Hbond substituents is 1. The van der Waals surface area contributed by atoms with Crippen molar-refractivity contribution in [3.05, 3.63) is 96.1 Å². The van der Waals surface area contributed by atoms with Gasteiger partial charge in [-0.1, -0.05) is 38.1 Å². The van der Waals surface area contributed by atoms with Crippen LogP contribution in [-0.2, 0) is 32.5 Å². The molecule has 242 valence electrons. The Morgan fingerprint density at radius 1 is 0.622 bits per heavy atom. The third kappa shape index (κ3) is 11.8. The highest BCUT2D eigenvalue weighted by molar-refractivity contribution is 7.91. The summed E-state index contributed by atoms with van der Waals surface area (Å²) in [5.41, 5.74) is 2.60. The van der Waals surface area contributed by atoms with Crippen LogP contribution in [0.2, 0.25) is 0 Å². The van der Waals surface area contributed by atoms with Gasteiger partial charge < -0.3 is 29.4 Å². The summed E-state index contributed by atoms with van der Waals surface area (Å²) in [7, 11) is -4.82. The molecule has 0 aliphatic rings. The Morgan fingerprint density at radius 2 is 1.07 bits per heavy atom. The standard InChI is InChI=1S/C16H18O4S.C9H12O2.C7H9BO4S/c1-4-12-5-10-15(16(11-12)19-2)20-13-6-8-14(9-7-13)21(3,17)18;1-3-7-4-5-8(10)9(6-7)11-2;1-13(11,12)7-4-2-6(3-5-7)8(9)10/h5-11H,4H2,1-3H3;4-6,10H,3H2,1-2H3;2-5,9-10H,1H3. The molecule has 45 heavy (non-hydrogen) atoms. The van der Waals surface area contributed by atoms with E-state index in [1.807, 2.05) is 30.3 Å². The average molecular weight is 659 g/mol. The van der Waals surface area contributed by atoms with Crippen molar-refractivity contribution in [3.8, 4) is 28.7 Å². The highest BCUT2D eigenvalue weighted by Crippen LogP contribution is 2.33. The molecule has 4 rings (SSSR count). The summed E-state index contributed by atoms with van der Waals surface area (Å²) >= 11 is 0. The largest absolute Gasteiger partial charge is 0.504 e. The predicted octanol–water partition coefficient (Wildman–Crippen LogP) is 4.19. The van der Waals surface area contributed by atoms with Gasteiger partial charge in [-0.25, -0.2) is 16.8 Å².